The molecule has 0 atom stereocenters. The molecule has 0 aliphatic carbocycles. The molecule has 4 aromatic rings. The number of fused-ring (bicyclic) bond motifs is 1. The van der Waals surface area contributed by atoms with Crippen LogP contribution in [0.5, 0.6) is 11.5 Å². The largest absolute Gasteiger partial charge is 0.506 e. The zero-order valence-electron chi connectivity index (χ0n) is 22.0. The molecule has 210 valence electrons. The number of carbonyl (C=O) groups is 1. The molecule has 0 saturated heterocycles. The van der Waals surface area contributed by atoms with Gasteiger partial charge in [-0.3, -0.25) is 10.2 Å². The predicted molar refractivity (Wildman–Crippen MR) is 158 cm³/mol. The van der Waals surface area contributed by atoms with Gasteiger partial charge in [-0.05, 0) is 47.5 Å². The highest BCUT2D eigenvalue weighted by Gasteiger charge is 2.27. The summed E-state index contributed by atoms with van der Waals surface area (Å²) in [6.45, 7) is 0.779. The molecule has 0 spiro atoms. The maximum Gasteiger partial charge on any atom is 0.246 e. The van der Waals surface area contributed by atoms with Crippen LogP contribution in [0.25, 0.3) is 11.1 Å². The minimum absolute atomic E-state index is 0.00663. The Kier molecular flexibility index (Phi) is 7.64. The van der Waals surface area contributed by atoms with Crippen LogP contribution in [-0.4, -0.2) is 45.0 Å². The number of ether oxygens (including phenoxy) is 1. The Morgan fingerprint density at radius 2 is 1.73 bits per heavy atom. The van der Waals surface area contributed by atoms with E-state index in [-0.39, 0.29) is 35.5 Å². The SMILES string of the molecule is N=C(N)c1ccc(O)c(N(CC(=O)N2CCOc3cc(-c4ccccc4S(N)(=O)=O)ccc32)Cc2ccccc2)c1. The molecule has 0 aromatic heterocycles. The van der Waals surface area contributed by atoms with Crippen LogP contribution in [0.1, 0.15) is 11.1 Å². The number of nitrogen functional groups attached to an aromatic ring is 1. The number of rotatable bonds is 8. The van der Waals surface area contributed by atoms with Crippen molar-refractivity contribution in [1.29, 1.82) is 5.41 Å². The number of anilines is 2. The van der Waals surface area contributed by atoms with E-state index in [4.69, 9.17) is 21.0 Å². The second-order valence-electron chi connectivity index (χ2n) is 9.58. The first kappa shape index (κ1) is 27.7. The first-order valence-corrected chi connectivity index (χ1v) is 14.3. The van der Waals surface area contributed by atoms with Crippen molar-refractivity contribution in [2.45, 2.75) is 11.4 Å². The first-order chi connectivity index (χ1) is 19.6. The van der Waals surface area contributed by atoms with Gasteiger partial charge in [0.15, 0.2) is 0 Å². The Hall–Kier alpha value is -4.87. The lowest BCUT2D eigenvalue weighted by Crippen LogP contribution is -2.44. The summed E-state index contributed by atoms with van der Waals surface area (Å²) in [4.78, 5) is 17.1. The van der Waals surface area contributed by atoms with Crippen LogP contribution in [0.15, 0.2) is 95.9 Å². The summed E-state index contributed by atoms with van der Waals surface area (Å²) in [7, 11) is -3.96. The Labute approximate surface area is 238 Å². The van der Waals surface area contributed by atoms with Gasteiger partial charge in [0.05, 0.1) is 29.4 Å². The molecule has 0 bridgehead atoms. The Morgan fingerprint density at radius 1 is 1.00 bits per heavy atom. The topological polar surface area (TPSA) is 163 Å². The van der Waals surface area contributed by atoms with Crippen molar-refractivity contribution in [2.24, 2.45) is 10.9 Å². The molecular formula is C30H29N5O5S. The maximum atomic E-state index is 13.8. The highest BCUT2D eigenvalue weighted by atomic mass is 32.2. The number of hydrogen-bond donors (Lipinski definition) is 4. The second-order valence-corrected chi connectivity index (χ2v) is 11.1. The molecule has 0 fully saturated rings. The monoisotopic (exact) mass is 571 g/mol. The van der Waals surface area contributed by atoms with Gasteiger partial charge < -0.3 is 25.4 Å². The van der Waals surface area contributed by atoms with E-state index in [0.29, 0.717) is 46.9 Å². The van der Waals surface area contributed by atoms with Gasteiger partial charge in [0.25, 0.3) is 0 Å². The summed E-state index contributed by atoms with van der Waals surface area (Å²) >= 11 is 0. The molecule has 41 heavy (non-hydrogen) atoms. The molecule has 1 aliphatic heterocycles. The minimum Gasteiger partial charge on any atom is -0.506 e. The lowest BCUT2D eigenvalue weighted by molar-refractivity contribution is -0.117. The van der Waals surface area contributed by atoms with Gasteiger partial charge in [-0.1, -0.05) is 54.6 Å². The zero-order chi connectivity index (χ0) is 29.1. The number of primary sulfonamides is 1. The molecule has 10 nitrogen and oxygen atoms in total. The lowest BCUT2D eigenvalue weighted by Gasteiger charge is -2.33. The van der Waals surface area contributed by atoms with E-state index in [9.17, 15) is 18.3 Å². The number of nitrogens with two attached hydrogens (primary N) is 2. The van der Waals surface area contributed by atoms with Crippen molar-refractivity contribution in [2.75, 3.05) is 29.5 Å². The fourth-order valence-electron chi connectivity index (χ4n) is 4.82. The minimum atomic E-state index is -3.96. The van der Waals surface area contributed by atoms with E-state index >= 15 is 0 Å². The summed E-state index contributed by atoms with van der Waals surface area (Å²) in [5.41, 5.74) is 8.97. The number of phenolic OH excluding ortho intramolecular Hbond substituents is 1. The molecular weight excluding hydrogens is 542 g/mol. The third-order valence-corrected chi connectivity index (χ3v) is 7.77. The average Bonchev–Trinajstić information content (AvgIpc) is 2.96. The van der Waals surface area contributed by atoms with Gasteiger partial charge in [0.1, 0.15) is 23.9 Å². The summed E-state index contributed by atoms with van der Waals surface area (Å²) < 4.78 is 30.2. The van der Waals surface area contributed by atoms with Crippen molar-refractivity contribution in [3.63, 3.8) is 0 Å². The van der Waals surface area contributed by atoms with Crippen LogP contribution >= 0.6 is 0 Å². The molecule has 0 saturated carbocycles. The third-order valence-electron chi connectivity index (χ3n) is 6.80. The summed E-state index contributed by atoms with van der Waals surface area (Å²) in [5.74, 6) is -0.00317. The van der Waals surface area contributed by atoms with E-state index in [1.165, 1.54) is 12.1 Å². The molecule has 4 aromatic carbocycles. The van der Waals surface area contributed by atoms with Crippen molar-refractivity contribution in [3.05, 3.63) is 102 Å². The summed E-state index contributed by atoms with van der Waals surface area (Å²) in [5, 5.41) is 24.0. The number of nitrogens with one attached hydrogen (secondary N) is 1. The first-order valence-electron chi connectivity index (χ1n) is 12.8. The number of benzene rings is 4. The smallest absolute Gasteiger partial charge is 0.246 e. The molecule has 6 N–H and O–H groups in total. The van der Waals surface area contributed by atoms with Gasteiger partial charge in [-0.15, -0.1) is 0 Å². The van der Waals surface area contributed by atoms with Gasteiger partial charge in [-0.25, -0.2) is 13.6 Å². The van der Waals surface area contributed by atoms with Gasteiger partial charge >= 0.3 is 0 Å². The van der Waals surface area contributed by atoms with Gasteiger partial charge in [-0.2, -0.15) is 0 Å². The molecule has 5 rings (SSSR count). The summed E-state index contributed by atoms with van der Waals surface area (Å²) in [6.07, 6.45) is 0. The average molecular weight is 572 g/mol. The lowest BCUT2D eigenvalue weighted by atomic mass is 10.0. The Morgan fingerprint density at radius 3 is 2.46 bits per heavy atom. The number of carbonyl (C=O) groups excluding carboxylic acids is 1. The predicted octanol–water partition coefficient (Wildman–Crippen LogP) is 3.42. The van der Waals surface area contributed by atoms with E-state index in [2.05, 4.69) is 0 Å². The van der Waals surface area contributed by atoms with Gasteiger partial charge in [0.2, 0.25) is 15.9 Å². The van der Waals surface area contributed by atoms with Crippen molar-refractivity contribution in [1.82, 2.24) is 0 Å². The molecule has 1 amide bonds. The van der Waals surface area contributed by atoms with Crippen molar-refractivity contribution < 1.29 is 23.1 Å². The maximum absolute atomic E-state index is 13.8. The number of phenols is 1. The highest BCUT2D eigenvalue weighted by molar-refractivity contribution is 7.89. The summed E-state index contributed by atoms with van der Waals surface area (Å²) in [6, 6.07) is 25.7. The fraction of sp³-hybridized carbons (Fsp3) is 0.133. The third kappa shape index (κ3) is 6.01. The zero-order valence-corrected chi connectivity index (χ0v) is 22.8. The van der Waals surface area contributed by atoms with Crippen LogP contribution in [0.2, 0.25) is 0 Å². The second kappa shape index (κ2) is 11.3. The van der Waals surface area contributed by atoms with Crippen molar-refractivity contribution in [3.8, 4) is 22.6 Å². The highest BCUT2D eigenvalue weighted by Crippen LogP contribution is 2.38. The molecule has 1 heterocycles. The Bertz CT molecular complexity index is 1730. The molecule has 0 radical (unpaired) electrons. The number of nitrogens with zero attached hydrogens (tertiary/aromatic N) is 2. The van der Waals surface area contributed by atoms with E-state index in [1.807, 2.05) is 30.3 Å². The normalized spacial score (nSPS) is 12.8. The van der Waals surface area contributed by atoms with Crippen LogP contribution in [-0.2, 0) is 21.4 Å². The fourth-order valence-corrected chi connectivity index (χ4v) is 5.58. The number of hydrogen-bond acceptors (Lipinski definition) is 7. The molecule has 11 heteroatoms. The molecule has 0 unspecified atom stereocenters. The van der Waals surface area contributed by atoms with Crippen LogP contribution in [0, 0.1) is 5.41 Å². The number of amides is 1. The van der Waals surface area contributed by atoms with Gasteiger partial charge in [0, 0.05) is 17.7 Å². The van der Waals surface area contributed by atoms with Crippen LogP contribution < -0.4 is 25.4 Å². The number of aromatic hydroxyl groups is 1. The van der Waals surface area contributed by atoms with Crippen molar-refractivity contribution >= 4 is 33.1 Å². The van der Waals surface area contributed by atoms with Crippen LogP contribution in [0.4, 0.5) is 11.4 Å². The number of sulfonamides is 1. The van der Waals surface area contributed by atoms with E-state index in [1.54, 1.807) is 58.3 Å². The van der Waals surface area contributed by atoms with E-state index < -0.39 is 10.0 Å². The standard InChI is InChI=1S/C30H29N5O5S/c31-30(32)22-11-13-26(36)25(16-22)34(18-20-6-2-1-3-7-20)19-29(37)35-14-15-40-27-17-21(10-12-24(27)35)23-8-4-5-9-28(23)41(33,38)39/h1-13,16-17,36H,14-15,18-19H2,(H3,31,32)(H2,33,38,39). The quantitative estimate of drug-likeness (QED) is 0.186. The number of amidine groups is 1. The Balaban J connectivity index is 1.47. The van der Waals surface area contributed by atoms with E-state index in [0.717, 1.165) is 5.56 Å². The van der Waals surface area contributed by atoms with Crippen LogP contribution in [0.3, 0.4) is 0 Å². The molecule has 1 aliphatic rings.